The van der Waals surface area contributed by atoms with Crippen molar-refractivity contribution < 1.29 is 4.79 Å². The maximum atomic E-state index is 11.0. The lowest BCUT2D eigenvalue weighted by molar-refractivity contribution is -0.118. The van der Waals surface area contributed by atoms with E-state index in [-0.39, 0.29) is 0 Å². The molecule has 0 saturated heterocycles. The molecule has 0 N–H and O–H groups in total. The van der Waals surface area contributed by atoms with E-state index >= 15 is 0 Å². The van der Waals surface area contributed by atoms with Gasteiger partial charge >= 0.3 is 0 Å². The number of rotatable bonds is 5. The Balaban J connectivity index is 2.31. The molecule has 0 saturated carbocycles. The van der Waals surface area contributed by atoms with Crippen molar-refractivity contribution in [1.29, 1.82) is 0 Å². The molecule has 14 heavy (non-hydrogen) atoms. The summed E-state index contributed by atoms with van der Waals surface area (Å²) in [6.45, 7) is 1.91. The lowest BCUT2D eigenvalue weighted by Gasteiger charge is -1.93. The van der Waals surface area contributed by atoms with Crippen molar-refractivity contribution in [2.45, 2.75) is 26.2 Å². The van der Waals surface area contributed by atoms with E-state index in [2.05, 4.69) is 24.3 Å². The zero-order valence-corrected chi connectivity index (χ0v) is 8.57. The van der Waals surface area contributed by atoms with Gasteiger partial charge in [-0.2, -0.15) is 0 Å². The molecule has 1 rings (SSSR count). The Morgan fingerprint density at radius 3 is 2.64 bits per heavy atom. The summed E-state index contributed by atoms with van der Waals surface area (Å²) in [5.41, 5.74) is 1.19. The van der Waals surface area contributed by atoms with Crippen LogP contribution in [0.4, 0.5) is 0 Å². The predicted molar refractivity (Wildman–Crippen MR) is 60.0 cm³/mol. The van der Waals surface area contributed by atoms with Crippen LogP contribution in [-0.4, -0.2) is 5.78 Å². The van der Waals surface area contributed by atoms with Crippen LogP contribution < -0.4 is 0 Å². The number of carbonyl (C=O) groups is 1. The lowest BCUT2D eigenvalue weighted by atomic mass is 10.1. The first-order chi connectivity index (χ1) is 6.83. The molecule has 0 amide bonds. The summed E-state index contributed by atoms with van der Waals surface area (Å²) in [7, 11) is 0. The van der Waals surface area contributed by atoms with Crippen molar-refractivity contribution in [3.63, 3.8) is 0 Å². The average molecular weight is 188 g/mol. The maximum absolute atomic E-state index is 11.0. The largest absolute Gasteiger partial charge is 0.300 e. The third kappa shape index (κ3) is 4.04. The molecule has 74 valence electrons. The molecule has 0 atom stereocenters. The number of ketones is 1. The molecule has 0 fully saturated rings. The van der Waals surface area contributed by atoms with Crippen LogP contribution in [0.25, 0.3) is 6.08 Å². The summed E-state index contributed by atoms with van der Waals surface area (Å²) in [6, 6.07) is 10.1. The van der Waals surface area contributed by atoms with E-state index in [1.165, 1.54) is 5.56 Å². The number of hydrogen-bond donors (Lipinski definition) is 0. The molecule has 1 heteroatoms. The molecule has 0 aliphatic rings. The highest BCUT2D eigenvalue weighted by molar-refractivity contribution is 5.78. The minimum Gasteiger partial charge on any atom is -0.300 e. The van der Waals surface area contributed by atoms with Gasteiger partial charge in [-0.3, -0.25) is 4.79 Å². The second-order valence-corrected chi connectivity index (χ2v) is 3.24. The normalized spacial score (nSPS) is 10.6. The van der Waals surface area contributed by atoms with Crippen LogP contribution in [0.3, 0.4) is 0 Å². The molecular weight excluding hydrogens is 172 g/mol. The summed E-state index contributed by atoms with van der Waals surface area (Å²) >= 11 is 0. The molecule has 1 nitrogen and oxygen atoms in total. The Kier molecular flexibility index (Phi) is 4.70. The van der Waals surface area contributed by atoms with E-state index in [0.29, 0.717) is 18.6 Å². The Morgan fingerprint density at radius 2 is 2.00 bits per heavy atom. The molecule has 0 heterocycles. The van der Waals surface area contributed by atoms with Gasteiger partial charge in [0.2, 0.25) is 0 Å². The predicted octanol–water partition coefficient (Wildman–Crippen LogP) is 3.46. The fraction of sp³-hybridized carbons (Fsp3) is 0.308. The summed E-state index contributed by atoms with van der Waals surface area (Å²) in [4.78, 5) is 11.0. The van der Waals surface area contributed by atoms with Crippen molar-refractivity contribution in [3.8, 4) is 0 Å². The van der Waals surface area contributed by atoms with Gasteiger partial charge in [-0.1, -0.05) is 49.4 Å². The van der Waals surface area contributed by atoms with Crippen LogP contribution in [0.1, 0.15) is 31.7 Å². The van der Waals surface area contributed by atoms with Crippen LogP contribution in [0, 0.1) is 0 Å². The quantitative estimate of drug-likeness (QED) is 0.691. The first kappa shape index (κ1) is 10.7. The first-order valence-corrected chi connectivity index (χ1v) is 5.06. The van der Waals surface area contributed by atoms with Gasteiger partial charge in [0, 0.05) is 12.8 Å². The second-order valence-electron chi connectivity index (χ2n) is 3.24. The van der Waals surface area contributed by atoms with E-state index in [1.807, 2.05) is 25.1 Å². The molecule has 0 radical (unpaired) electrons. The van der Waals surface area contributed by atoms with Crippen molar-refractivity contribution in [2.75, 3.05) is 0 Å². The fourth-order valence-electron chi connectivity index (χ4n) is 1.20. The summed E-state index contributed by atoms with van der Waals surface area (Å²) < 4.78 is 0. The van der Waals surface area contributed by atoms with Crippen molar-refractivity contribution >= 4 is 11.9 Å². The molecule has 0 unspecified atom stereocenters. The third-order valence-electron chi connectivity index (χ3n) is 2.09. The Labute approximate surface area is 85.5 Å². The average Bonchev–Trinajstić information content (AvgIpc) is 2.25. The minimum atomic E-state index is 0.336. The lowest BCUT2D eigenvalue weighted by Crippen LogP contribution is -1.92. The molecular formula is C13H16O. The molecule has 1 aromatic carbocycles. The van der Waals surface area contributed by atoms with Crippen LogP contribution in [0.15, 0.2) is 36.4 Å². The maximum Gasteiger partial charge on any atom is 0.132 e. The number of benzene rings is 1. The fourth-order valence-corrected chi connectivity index (χ4v) is 1.20. The first-order valence-electron chi connectivity index (χ1n) is 5.06. The van der Waals surface area contributed by atoms with Gasteiger partial charge in [-0.25, -0.2) is 0 Å². The van der Waals surface area contributed by atoms with Gasteiger partial charge in [0.1, 0.15) is 5.78 Å². The number of allylic oxidation sites excluding steroid dienone is 1. The zero-order valence-electron chi connectivity index (χ0n) is 8.57. The standard InChI is InChI=1S/C13H16O/c1-2-13(14)11-7-6-10-12-8-4-3-5-9-12/h3-6,8-10H,2,7,11H2,1H3/b10-6+. The monoisotopic (exact) mass is 188 g/mol. The number of hydrogen-bond acceptors (Lipinski definition) is 1. The van der Waals surface area contributed by atoms with Gasteiger partial charge in [0.15, 0.2) is 0 Å². The molecule has 1 aromatic rings. The molecule has 0 aliphatic carbocycles. The van der Waals surface area contributed by atoms with E-state index in [9.17, 15) is 4.79 Å². The highest BCUT2D eigenvalue weighted by Gasteiger charge is 1.93. The number of Topliss-reactive ketones (excluding diaryl/α,β-unsaturated/α-hetero) is 1. The van der Waals surface area contributed by atoms with Crippen LogP contribution in [0.2, 0.25) is 0 Å². The molecule has 0 bridgehead atoms. The minimum absolute atomic E-state index is 0.336. The van der Waals surface area contributed by atoms with Gasteiger partial charge in [-0.15, -0.1) is 0 Å². The van der Waals surface area contributed by atoms with Gasteiger partial charge in [0.25, 0.3) is 0 Å². The van der Waals surface area contributed by atoms with Gasteiger partial charge < -0.3 is 0 Å². The van der Waals surface area contributed by atoms with Gasteiger partial charge in [-0.05, 0) is 12.0 Å². The SMILES string of the molecule is CCC(=O)CC/C=C/c1ccccc1. The van der Waals surface area contributed by atoms with Crippen molar-refractivity contribution in [3.05, 3.63) is 42.0 Å². The van der Waals surface area contributed by atoms with Crippen LogP contribution in [-0.2, 0) is 4.79 Å². The number of carbonyl (C=O) groups excluding carboxylic acids is 1. The molecule has 0 aromatic heterocycles. The summed E-state index contributed by atoms with van der Waals surface area (Å²) in [5, 5.41) is 0. The Hall–Kier alpha value is -1.37. The highest BCUT2D eigenvalue weighted by Crippen LogP contribution is 2.03. The molecule has 0 spiro atoms. The van der Waals surface area contributed by atoms with E-state index in [4.69, 9.17) is 0 Å². The molecule has 0 aliphatic heterocycles. The topological polar surface area (TPSA) is 17.1 Å². The smallest absolute Gasteiger partial charge is 0.132 e. The Morgan fingerprint density at radius 1 is 1.29 bits per heavy atom. The third-order valence-corrected chi connectivity index (χ3v) is 2.09. The highest BCUT2D eigenvalue weighted by atomic mass is 16.1. The van der Waals surface area contributed by atoms with E-state index in [1.54, 1.807) is 0 Å². The summed E-state index contributed by atoms with van der Waals surface area (Å²) in [6.07, 6.45) is 6.28. The summed E-state index contributed by atoms with van der Waals surface area (Å²) in [5.74, 6) is 0.336. The zero-order chi connectivity index (χ0) is 10.2. The Bertz CT molecular complexity index is 298. The van der Waals surface area contributed by atoms with Crippen LogP contribution >= 0.6 is 0 Å². The van der Waals surface area contributed by atoms with Crippen molar-refractivity contribution in [2.24, 2.45) is 0 Å². The van der Waals surface area contributed by atoms with Gasteiger partial charge in [0.05, 0.1) is 0 Å². The van der Waals surface area contributed by atoms with Crippen molar-refractivity contribution in [1.82, 2.24) is 0 Å². The second kappa shape index (κ2) is 6.14. The van der Waals surface area contributed by atoms with Crippen LogP contribution in [0.5, 0.6) is 0 Å². The van der Waals surface area contributed by atoms with E-state index < -0.39 is 0 Å². The van der Waals surface area contributed by atoms with E-state index in [0.717, 1.165) is 6.42 Å².